The lowest BCUT2D eigenvalue weighted by molar-refractivity contribution is -0.153. The van der Waals surface area contributed by atoms with Gasteiger partial charge in [0.2, 0.25) is 5.91 Å². The summed E-state index contributed by atoms with van der Waals surface area (Å²) in [5.74, 6) is -0.443. The number of carbonyl (C=O) groups excluding carboxylic acids is 1. The zero-order chi connectivity index (χ0) is 14.3. The summed E-state index contributed by atoms with van der Waals surface area (Å²) in [5, 5.41) is 8.67. The van der Waals surface area contributed by atoms with Gasteiger partial charge in [0.05, 0.1) is 0 Å². The Balaban J connectivity index is 4.32. The maximum Gasteiger partial charge on any atom is 0.332 e. The summed E-state index contributed by atoms with van der Waals surface area (Å²) >= 11 is 0. The molecule has 0 fully saturated rings. The molecule has 0 saturated carbocycles. The fourth-order valence-corrected chi connectivity index (χ4v) is 1.52. The molecule has 1 atom stereocenters. The Bertz CT molecular complexity index is 266. The normalized spacial score (nSPS) is 12.8. The highest BCUT2D eigenvalue weighted by Crippen LogP contribution is 2.05. The van der Waals surface area contributed by atoms with E-state index in [1.165, 1.54) is 6.92 Å². The predicted octanol–water partition coefficient (Wildman–Crippen LogP) is 1.62. The summed E-state index contributed by atoms with van der Waals surface area (Å²) in [4.78, 5) is 24.3. The van der Waals surface area contributed by atoms with Crippen LogP contribution in [-0.2, 0) is 14.3 Å². The standard InChI is InChI=1S/C13H25NO4/c1-9(2)6-14(7-10(3)4)12(15)8-18-11(5)13(16)17/h9-11H,6-8H2,1-5H3,(H,16,17). The molecule has 0 rings (SSSR count). The lowest BCUT2D eigenvalue weighted by atomic mass is 10.1. The van der Waals surface area contributed by atoms with Gasteiger partial charge in [-0.25, -0.2) is 4.79 Å². The fraction of sp³-hybridized carbons (Fsp3) is 0.846. The number of carbonyl (C=O) groups is 2. The number of amides is 1. The van der Waals surface area contributed by atoms with Crippen LogP contribution in [0.5, 0.6) is 0 Å². The second kappa shape index (κ2) is 8.08. The third kappa shape index (κ3) is 7.27. The number of hydrogen-bond acceptors (Lipinski definition) is 3. The van der Waals surface area contributed by atoms with Gasteiger partial charge >= 0.3 is 5.97 Å². The molecule has 0 spiro atoms. The molecule has 0 radical (unpaired) electrons. The van der Waals surface area contributed by atoms with Gasteiger partial charge in [-0.2, -0.15) is 0 Å². The second-order valence-corrected chi connectivity index (χ2v) is 5.38. The van der Waals surface area contributed by atoms with Crippen LogP contribution in [0.1, 0.15) is 34.6 Å². The van der Waals surface area contributed by atoms with Crippen molar-refractivity contribution in [3.05, 3.63) is 0 Å². The lowest BCUT2D eigenvalue weighted by Crippen LogP contribution is -2.40. The fourth-order valence-electron chi connectivity index (χ4n) is 1.52. The van der Waals surface area contributed by atoms with Gasteiger partial charge in [0.25, 0.3) is 0 Å². The van der Waals surface area contributed by atoms with Crippen LogP contribution in [0.4, 0.5) is 0 Å². The molecular formula is C13H25NO4. The minimum Gasteiger partial charge on any atom is -0.479 e. The Morgan fingerprint density at radius 2 is 1.50 bits per heavy atom. The molecular weight excluding hydrogens is 234 g/mol. The minimum atomic E-state index is -1.05. The van der Waals surface area contributed by atoms with E-state index in [2.05, 4.69) is 0 Å². The Morgan fingerprint density at radius 3 is 1.83 bits per heavy atom. The van der Waals surface area contributed by atoms with Gasteiger partial charge in [0.1, 0.15) is 6.61 Å². The summed E-state index contributed by atoms with van der Waals surface area (Å²) in [5.41, 5.74) is 0. The van der Waals surface area contributed by atoms with Gasteiger partial charge in [-0.3, -0.25) is 4.79 Å². The van der Waals surface area contributed by atoms with E-state index in [1.54, 1.807) is 4.90 Å². The highest BCUT2D eigenvalue weighted by molar-refractivity contribution is 5.78. The van der Waals surface area contributed by atoms with Crippen LogP contribution in [-0.4, -0.2) is 47.7 Å². The molecule has 0 aromatic rings. The molecule has 0 heterocycles. The van der Waals surface area contributed by atoms with E-state index in [0.717, 1.165) is 0 Å². The Labute approximate surface area is 109 Å². The van der Waals surface area contributed by atoms with Crippen molar-refractivity contribution in [2.75, 3.05) is 19.7 Å². The first-order chi connectivity index (χ1) is 8.23. The van der Waals surface area contributed by atoms with Gasteiger partial charge in [0, 0.05) is 13.1 Å². The third-order valence-corrected chi connectivity index (χ3v) is 2.33. The second-order valence-electron chi connectivity index (χ2n) is 5.38. The van der Waals surface area contributed by atoms with Crippen molar-refractivity contribution in [2.24, 2.45) is 11.8 Å². The zero-order valence-electron chi connectivity index (χ0n) is 12.0. The van der Waals surface area contributed by atoms with E-state index >= 15 is 0 Å². The van der Waals surface area contributed by atoms with Gasteiger partial charge in [-0.15, -0.1) is 0 Å². The number of carboxylic acids is 1. The number of hydrogen-bond donors (Lipinski definition) is 1. The van der Waals surface area contributed by atoms with Crippen LogP contribution in [0.2, 0.25) is 0 Å². The van der Waals surface area contributed by atoms with E-state index in [9.17, 15) is 9.59 Å². The number of ether oxygens (including phenoxy) is 1. The van der Waals surface area contributed by atoms with E-state index in [1.807, 2.05) is 27.7 Å². The van der Waals surface area contributed by atoms with Crippen LogP contribution < -0.4 is 0 Å². The quantitative estimate of drug-likeness (QED) is 0.719. The summed E-state index contributed by atoms with van der Waals surface area (Å²) < 4.78 is 5.02. The summed E-state index contributed by atoms with van der Waals surface area (Å²) in [6, 6.07) is 0. The predicted molar refractivity (Wildman–Crippen MR) is 69.3 cm³/mol. The average molecular weight is 259 g/mol. The molecule has 0 aromatic heterocycles. The molecule has 1 unspecified atom stereocenters. The van der Waals surface area contributed by atoms with Crippen LogP contribution in [0, 0.1) is 11.8 Å². The van der Waals surface area contributed by atoms with Gasteiger partial charge in [-0.1, -0.05) is 27.7 Å². The summed E-state index contributed by atoms with van der Waals surface area (Å²) in [7, 11) is 0. The minimum absolute atomic E-state index is 0.148. The number of carboxylic acid groups (broad SMARTS) is 1. The van der Waals surface area contributed by atoms with E-state index < -0.39 is 12.1 Å². The third-order valence-electron chi connectivity index (χ3n) is 2.33. The van der Waals surface area contributed by atoms with Crippen LogP contribution >= 0.6 is 0 Å². The van der Waals surface area contributed by atoms with Crippen LogP contribution in [0.15, 0.2) is 0 Å². The molecule has 0 aliphatic rings. The number of rotatable bonds is 8. The first-order valence-corrected chi connectivity index (χ1v) is 6.36. The lowest BCUT2D eigenvalue weighted by Gasteiger charge is -2.26. The van der Waals surface area contributed by atoms with E-state index in [-0.39, 0.29) is 12.5 Å². The largest absolute Gasteiger partial charge is 0.479 e. The van der Waals surface area contributed by atoms with Gasteiger partial charge in [0.15, 0.2) is 6.10 Å². The first kappa shape index (κ1) is 16.9. The molecule has 0 saturated heterocycles. The number of nitrogens with zero attached hydrogens (tertiary/aromatic N) is 1. The highest BCUT2D eigenvalue weighted by atomic mass is 16.5. The molecule has 0 aromatic carbocycles. The SMILES string of the molecule is CC(C)CN(CC(C)C)C(=O)COC(C)C(=O)O. The van der Waals surface area contributed by atoms with Crippen molar-refractivity contribution in [2.45, 2.75) is 40.7 Å². The average Bonchev–Trinajstić information content (AvgIpc) is 2.22. The maximum absolute atomic E-state index is 11.9. The van der Waals surface area contributed by atoms with Crippen molar-refractivity contribution in [3.8, 4) is 0 Å². The molecule has 0 aliphatic heterocycles. The first-order valence-electron chi connectivity index (χ1n) is 6.36. The van der Waals surface area contributed by atoms with Gasteiger partial charge < -0.3 is 14.7 Å². The van der Waals surface area contributed by atoms with Gasteiger partial charge in [-0.05, 0) is 18.8 Å². The van der Waals surface area contributed by atoms with Crippen molar-refractivity contribution in [1.82, 2.24) is 4.90 Å². The monoisotopic (exact) mass is 259 g/mol. The Kier molecular flexibility index (Phi) is 7.59. The summed E-state index contributed by atoms with van der Waals surface area (Å²) in [6.07, 6.45) is -0.950. The van der Waals surface area contributed by atoms with E-state index in [0.29, 0.717) is 24.9 Å². The van der Waals surface area contributed by atoms with E-state index in [4.69, 9.17) is 9.84 Å². The molecule has 0 aliphatic carbocycles. The van der Waals surface area contributed by atoms with Crippen LogP contribution in [0.3, 0.4) is 0 Å². The molecule has 18 heavy (non-hydrogen) atoms. The number of aliphatic carboxylic acids is 1. The Hall–Kier alpha value is -1.10. The molecule has 0 bridgehead atoms. The zero-order valence-corrected chi connectivity index (χ0v) is 12.0. The van der Waals surface area contributed by atoms with Crippen molar-refractivity contribution in [3.63, 3.8) is 0 Å². The van der Waals surface area contributed by atoms with Crippen molar-refractivity contribution < 1.29 is 19.4 Å². The van der Waals surface area contributed by atoms with Crippen molar-refractivity contribution in [1.29, 1.82) is 0 Å². The Morgan fingerprint density at radius 1 is 1.06 bits per heavy atom. The van der Waals surface area contributed by atoms with Crippen molar-refractivity contribution >= 4 is 11.9 Å². The summed E-state index contributed by atoms with van der Waals surface area (Å²) in [6.45, 7) is 10.8. The smallest absolute Gasteiger partial charge is 0.332 e. The maximum atomic E-state index is 11.9. The highest BCUT2D eigenvalue weighted by Gasteiger charge is 2.19. The molecule has 5 heteroatoms. The molecule has 106 valence electrons. The topological polar surface area (TPSA) is 66.8 Å². The molecule has 1 amide bonds. The molecule has 5 nitrogen and oxygen atoms in total. The molecule has 1 N–H and O–H groups in total. The van der Waals surface area contributed by atoms with Crippen LogP contribution in [0.25, 0.3) is 0 Å².